The smallest absolute Gasteiger partial charge is 0.234 e. The monoisotopic (exact) mass is 476 g/mol. The highest BCUT2D eigenvalue weighted by atomic mass is 32.2. The second-order valence-electron chi connectivity index (χ2n) is 7.11. The molecular formula is C25H24N4O4S. The number of para-hydroxylation sites is 1. The van der Waals surface area contributed by atoms with Crippen molar-refractivity contribution in [2.75, 3.05) is 32.4 Å². The molecule has 0 atom stereocenters. The number of benzene rings is 3. The van der Waals surface area contributed by atoms with Gasteiger partial charge in [-0.1, -0.05) is 23.9 Å². The highest BCUT2D eigenvalue weighted by Crippen LogP contribution is 2.33. The van der Waals surface area contributed by atoms with Gasteiger partial charge in [0, 0.05) is 5.69 Å². The van der Waals surface area contributed by atoms with Gasteiger partial charge in [-0.2, -0.15) is 0 Å². The lowest BCUT2D eigenvalue weighted by molar-refractivity contribution is -0.113. The molecule has 0 bridgehead atoms. The van der Waals surface area contributed by atoms with Gasteiger partial charge in [0.15, 0.2) is 11.0 Å². The van der Waals surface area contributed by atoms with E-state index in [-0.39, 0.29) is 11.7 Å². The third-order valence-electron chi connectivity index (χ3n) is 5.02. The molecule has 1 N–H and O–H groups in total. The average Bonchev–Trinajstić information content (AvgIpc) is 3.31. The third-order valence-corrected chi connectivity index (χ3v) is 5.95. The van der Waals surface area contributed by atoms with Crippen molar-refractivity contribution in [2.45, 2.75) is 5.16 Å². The second-order valence-corrected chi connectivity index (χ2v) is 8.05. The van der Waals surface area contributed by atoms with Crippen molar-refractivity contribution in [1.82, 2.24) is 14.8 Å². The van der Waals surface area contributed by atoms with E-state index in [1.807, 2.05) is 53.1 Å². The van der Waals surface area contributed by atoms with Crippen LogP contribution in [0.1, 0.15) is 0 Å². The summed E-state index contributed by atoms with van der Waals surface area (Å²) >= 11 is 1.30. The number of aromatic nitrogens is 3. The number of nitrogens with zero attached hydrogens (tertiary/aromatic N) is 3. The summed E-state index contributed by atoms with van der Waals surface area (Å²) in [6.45, 7) is 0. The van der Waals surface area contributed by atoms with Crippen LogP contribution in [0.5, 0.6) is 17.2 Å². The van der Waals surface area contributed by atoms with E-state index in [1.54, 1.807) is 45.6 Å². The first-order chi connectivity index (χ1) is 16.6. The van der Waals surface area contributed by atoms with Crippen molar-refractivity contribution in [2.24, 2.45) is 0 Å². The molecule has 4 rings (SSSR count). The molecule has 0 spiro atoms. The molecule has 1 amide bonds. The van der Waals surface area contributed by atoms with Gasteiger partial charge in [0.2, 0.25) is 5.91 Å². The van der Waals surface area contributed by atoms with Crippen LogP contribution in [0.15, 0.2) is 78.0 Å². The zero-order valence-corrected chi connectivity index (χ0v) is 19.8. The molecule has 0 saturated heterocycles. The second kappa shape index (κ2) is 10.8. The van der Waals surface area contributed by atoms with Gasteiger partial charge in [0.05, 0.1) is 38.3 Å². The summed E-state index contributed by atoms with van der Waals surface area (Å²) in [6, 6.07) is 22.4. The van der Waals surface area contributed by atoms with Crippen LogP contribution in [0.3, 0.4) is 0 Å². The molecule has 34 heavy (non-hydrogen) atoms. The van der Waals surface area contributed by atoms with Crippen molar-refractivity contribution in [1.29, 1.82) is 0 Å². The van der Waals surface area contributed by atoms with E-state index in [0.29, 0.717) is 22.4 Å². The van der Waals surface area contributed by atoms with E-state index >= 15 is 0 Å². The summed E-state index contributed by atoms with van der Waals surface area (Å²) in [4.78, 5) is 12.6. The molecule has 0 fully saturated rings. The van der Waals surface area contributed by atoms with E-state index in [9.17, 15) is 4.79 Å². The number of ether oxygens (including phenoxy) is 3. The Labute approximate surface area is 201 Å². The predicted molar refractivity (Wildman–Crippen MR) is 132 cm³/mol. The summed E-state index contributed by atoms with van der Waals surface area (Å²) in [6.07, 6.45) is 0. The SMILES string of the molecule is COc1ccc(NC(=O)CSc2nnc(-c3ccccc3OC)n2-c2ccc(OC)cc2)cc1. The van der Waals surface area contributed by atoms with Crippen molar-refractivity contribution < 1.29 is 19.0 Å². The summed E-state index contributed by atoms with van der Waals surface area (Å²) in [7, 11) is 4.84. The van der Waals surface area contributed by atoms with Crippen molar-refractivity contribution >= 4 is 23.4 Å². The maximum atomic E-state index is 12.6. The van der Waals surface area contributed by atoms with Gasteiger partial charge in [-0.15, -0.1) is 10.2 Å². The summed E-state index contributed by atoms with van der Waals surface area (Å²) in [5, 5.41) is 12.3. The minimum Gasteiger partial charge on any atom is -0.497 e. The first kappa shape index (κ1) is 23.2. The molecule has 1 heterocycles. The molecule has 0 radical (unpaired) electrons. The predicted octanol–water partition coefficient (Wildman–Crippen LogP) is 4.69. The van der Waals surface area contributed by atoms with Crippen molar-refractivity contribution in [3.8, 4) is 34.3 Å². The fourth-order valence-electron chi connectivity index (χ4n) is 3.33. The highest BCUT2D eigenvalue weighted by Gasteiger charge is 2.20. The van der Waals surface area contributed by atoms with Crippen LogP contribution in [0, 0.1) is 0 Å². The van der Waals surface area contributed by atoms with Crippen LogP contribution < -0.4 is 19.5 Å². The van der Waals surface area contributed by atoms with Crippen LogP contribution in [0.25, 0.3) is 17.1 Å². The molecule has 0 aliphatic rings. The minimum atomic E-state index is -0.154. The van der Waals surface area contributed by atoms with Crippen LogP contribution >= 0.6 is 11.8 Å². The van der Waals surface area contributed by atoms with E-state index in [2.05, 4.69) is 15.5 Å². The number of rotatable bonds is 9. The minimum absolute atomic E-state index is 0.154. The van der Waals surface area contributed by atoms with Crippen LogP contribution in [0.4, 0.5) is 5.69 Å². The lowest BCUT2D eigenvalue weighted by Gasteiger charge is -2.13. The lowest BCUT2D eigenvalue weighted by atomic mass is 10.2. The fourth-order valence-corrected chi connectivity index (χ4v) is 4.08. The Kier molecular flexibility index (Phi) is 7.34. The Morgan fingerprint density at radius 1 is 0.853 bits per heavy atom. The quantitative estimate of drug-likeness (QED) is 0.351. The molecule has 0 aliphatic heterocycles. The molecule has 1 aromatic heterocycles. The average molecular weight is 477 g/mol. The van der Waals surface area contributed by atoms with Gasteiger partial charge >= 0.3 is 0 Å². The van der Waals surface area contributed by atoms with E-state index in [4.69, 9.17) is 14.2 Å². The zero-order valence-electron chi connectivity index (χ0n) is 19.0. The van der Waals surface area contributed by atoms with Gasteiger partial charge in [0.1, 0.15) is 17.2 Å². The largest absolute Gasteiger partial charge is 0.497 e. The molecule has 4 aromatic rings. The number of hydrogen-bond donors (Lipinski definition) is 1. The molecule has 8 nitrogen and oxygen atoms in total. The standard InChI is InChI=1S/C25H24N4O4S/c1-31-19-12-8-17(9-13-19)26-23(30)16-34-25-28-27-24(21-6-4-5-7-22(21)33-3)29(25)18-10-14-20(32-2)15-11-18/h4-15H,16H2,1-3H3,(H,26,30). The molecule has 3 aromatic carbocycles. The number of hydrogen-bond acceptors (Lipinski definition) is 7. The Hall–Kier alpha value is -3.98. The normalized spacial score (nSPS) is 10.6. The van der Waals surface area contributed by atoms with Gasteiger partial charge in [0.25, 0.3) is 0 Å². The summed E-state index contributed by atoms with van der Waals surface area (Å²) in [5.41, 5.74) is 2.32. The van der Waals surface area contributed by atoms with Crippen molar-refractivity contribution in [3.63, 3.8) is 0 Å². The van der Waals surface area contributed by atoms with Gasteiger partial charge in [-0.25, -0.2) is 0 Å². The van der Waals surface area contributed by atoms with E-state index in [0.717, 1.165) is 22.7 Å². The molecule has 174 valence electrons. The Bertz CT molecular complexity index is 1260. The number of anilines is 1. The van der Waals surface area contributed by atoms with Gasteiger partial charge in [-0.05, 0) is 60.7 Å². The van der Waals surface area contributed by atoms with Crippen LogP contribution in [0.2, 0.25) is 0 Å². The summed E-state index contributed by atoms with van der Waals surface area (Å²) < 4.78 is 17.9. The maximum absolute atomic E-state index is 12.6. The topological polar surface area (TPSA) is 87.5 Å². The first-order valence-electron chi connectivity index (χ1n) is 10.4. The Balaban J connectivity index is 1.61. The molecular weight excluding hydrogens is 452 g/mol. The lowest BCUT2D eigenvalue weighted by Crippen LogP contribution is -2.14. The number of carbonyl (C=O) groups is 1. The summed E-state index contributed by atoms with van der Waals surface area (Å²) in [5.74, 6) is 2.76. The highest BCUT2D eigenvalue weighted by molar-refractivity contribution is 7.99. The van der Waals surface area contributed by atoms with Gasteiger partial charge < -0.3 is 19.5 Å². The third kappa shape index (κ3) is 5.15. The number of carbonyl (C=O) groups excluding carboxylic acids is 1. The molecule has 0 saturated carbocycles. The zero-order chi connectivity index (χ0) is 23.9. The van der Waals surface area contributed by atoms with Crippen molar-refractivity contribution in [3.05, 3.63) is 72.8 Å². The molecule has 0 aliphatic carbocycles. The first-order valence-corrected chi connectivity index (χ1v) is 11.4. The van der Waals surface area contributed by atoms with Gasteiger partial charge in [-0.3, -0.25) is 9.36 Å². The van der Waals surface area contributed by atoms with Crippen LogP contribution in [-0.2, 0) is 4.79 Å². The Morgan fingerprint density at radius 3 is 2.15 bits per heavy atom. The van der Waals surface area contributed by atoms with E-state index in [1.165, 1.54) is 11.8 Å². The number of nitrogens with one attached hydrogen (secondary N) is 1. The molecule has 9 heteroatoms. The Morgan fingerprint density at radius 2 is 1.50 bits per heavy atom. The van der Waals surface area contributed by atoms with E-state index < -0.39 is 0 Å². The van der Waals surface area contributed by atoms with Crippen LogP contribution in [-0.4, -0.2) is 47.8 Å². The number of methoxy groups -OCH3 is 3. The maximum Gasteiger partial charge on any atom is 0.234 e. The number of thioether (sulfide) groups is 1. The number of amides is 1. The molecule has 0 unspecified atom stereocenters. The fraction of sp³-hybridized carbons (Fsp3) is 0.160.